The molecule has 7 heteroatoms. The first kappa shape index (κ1) is 26.4. The Labute approximate surface area is 218 Å². The third-order valence-electron chi connectivity index (χ3n) is 7.02. The highest BCUT2D eigenvalue weighted by atomic mass is 16.2. The van der Waals surface area contributed by atoms with Crippen LogP contribution in [0.2, 0.25) is 0 Å². The maximum absolute atomic E-state index is 14.2. The minimum absolute atomic E-state index is 0.0718. The molecule has 3 aromatic rings. The average molecular weight is 501 g/mol. The Morgan fingerprint density at radius 2 is 1.57 bits per heavy atom. The van der Waals surface area contributed by atoms with Gasteiger partial charge in [-0.05, 0) is 55.3 Å². The molecule has 3 amide bonds. The molecule has 194 valence electrons. The smallest absolute Gasteiger partial charge is 0.252 e. The highest BCUT2D eigenvalue weighted by Crippen LogP contribution is 2.39. The molecule has 0 radical (unpaired) electrons. The van der Waals surface area contributed by atoms with Gasteiger partial charge in [0.25, 0.3) is 5.91 Å². The number of nitrogens with one attached hydrogen (secondary N) is 2. The Kier molecular flexibility index (Phi) is 7.93. The van der Waals surface area contributed by atoms with Crippen molar-refractivity contribution in [3.8, 4) is 0 Å². The van der Waals surface area contributed by atoms with Gasteiger partial charge < -0.3 is 20.4 Å². The normalized spacial score (nSPS) is 17.4. The zero-order chi connectivity index (χ0) is 26.7. The fourth-order valence-corrected chi connectivity index (χ4v) is 4.93. The van der Waals surface area contributed by atoms with Gasteiger partial charge in [-0.3, -0.25) is 14.4 Å². The van der Waals surface area contributed by atoms with Crippen LogP contribution >= 0.6 is 0 Å². The number of para-hydroxylation sites is 2. The molecule has 1 unspecified atom stereocenters. The van der Waals surface area contributed by atoms with Crippen LogP contribution in [-0.4, -0.2) is 43.4 Å². The largest absolute Gasteiger partial charge is 0.341 e. The van der Waals surface area contributed by atoms with Crippen LogP contribution in [0.25, 0.3) is 10.8 Å². The number of rotatable bonds is 7. The quantitative estimate of drug-likeness (QED) is 0.503. The molecule has 1 aliphatic heterocycles. The maximum atomic E-state index is 14.2. The van der Waals surface area contributed by atoms with Gasteiger partial charge in [-0.1, -0.05) is 68.4 Å². The average Bonchev–Trinajstić information content (AvgIpc) is 3.01. The summed E-state index contributed by atoms with van der Waals surface area (Å²) >= 11 is 0. The number of hydrogen-bond donors (Lipinski definition) is 2. The third kappa shape index (κ3) is 5.37. The Bertz CT molecular complexity index is 1300. The van der Waals surface area contributed by atoms with Crippen molar-refractivity contribution in [2.75, 3.05) is 23.4 Å². The molecule has 4 rings (SSSR count). The molecule has 1 aliphatic rings. The summed E-state index contributed by atoms with van der Waals surface area (Å²) in [4.78, 5) is 44.0. The number of anilines is 2. The van der Waals surface area contributed by atoms with Crippen LogP contribution in [-0.2, 0) is 14.4 Å². The zero-order valence-electron chi connectivity index (χ0n) is 22.2. The summed E-state index contributed by atoms with van der Waals surface area (Å²) < 4.78 is 0. The van der Waals surface area contributed by atoms with Gasteiger partial charge in [-0.25, -0.2) is 0 Å². The molecule has 2 N–H and O–H groups in total. The van der Waals surface area contributed by atoms with E-state index in [1.54, 1.807) is 23.8 Å². The molecule has 3 aromatic carbocycles. The lowest BCUT2D eigenvalue weighted by molar-refractivity contribution is -0.128. The fourth-order valence-electron chi connectivity index (χ4n) is 4.93. The fraction of sp³-hybridized carbons (Fsp3) is 0.367. The molecule has 37 heavy (non-hydrogen) atoms. The molecule has 0 saturated heterocycles. The van der Waals surface area contributed by atoms with Gasteiger partial charge in [0.1, 0.15) is 6.04 Å². The number of carbonyl (C=O) groups is 3. The predicted octanol–water partition coefficient (Wildman–Crippen LogP) is 4.42. The minimum Gasteiger partial charge on any atom is -0.341 e. The standard InChI is InChI=1S/C30H36N4O3/c1-19(2)17-28(35)33-18-25(32-29(36)20(3)31-5)30(37)34(27-16-9-8-15-26(27)33)21(4)23-14-10-12-22-11-6-7-13-24(22)23/h6-16,19-21,25,31H,17-18H2,1-5H3,(H,32,36)/t20?,21-,25-/m0/s1. The zero-order valence-corrected chi connectivity index (χ0v) is 22.2. The van der Waals surface area contributed by atoms with Crippen molar-refractivity contribution in [3.63, 3.8) is 0 Å². The lowest BCUT2D eigenvalue weighted by Gasteiger charge is -2.32. The van der Waals surface area contributed by atoms with E-state index in [2.05, 4.69) is 28.8 Å². The van der Waals surface area contributed by atoms with E-state index in [9.17, 15) is 14.4 Å². The molecular weight excluding hydrogens is 464 g/mol. The lowest BCUT2D eigenvalue weighted by atomic mass is 9.97. The molecule has 0 spiro atoms. The van der Waals surface area contributed by atoms with Crippen LogP contribution in [0.3, 0.4) is 0 Å². The van der Waals surface area contributed by atoms with Crippen molar-refractivity contribution >= 4 is 39.9 Å². The van der Waals surface area contributed by atoms with E-state index in [4.69, 9.17) is 0 Å². The van der Waals surface area contributed by atoms with Crippen LogP contribution < -0.4 is 20.4 Å². The van der Waals surface area contributed by atoms with Gasteiger partial charge in [0.05, 0.1) is 30.0 Å². The first-order valence-electron chi connectivity index (χ1n) is 12.9. The van der Waals surface area contributed by atoms with E-state index in [-0.39, 0.29) is 36.2 Å². The molecule has 7 nitrogen and oxygen atoms in total. The molecule has 0 fully saturated rings. The van der Waals surface area contributed by atoms with Crippen molar-refractivity contribution < 1.29 is 14.4 Å². The lowest BCUT2D eigenvalue weighted by Crippen LogP contribution is -2.56. The first-order chi connectivity index (χ1) is 17.7. The molecule has 3 atom stereocenters. The highest BCUT2D eigenvalue weighted by molar-refractivity contribution is 6.09. The summed E-state index contributed by atoms with van der Waals surface area (Å²) in [5.41, 5.74) is 2.33. The first-order valence-corrected chi connectivity index (χ1v) is 12.9. The molecular formula is C30H36N4O3. The number of fused-ring (bicyclic) bond motifs is 2. The van der Waals surface area contributed by atoms with Crippen molar-refractivity contribution in [2.45, 2.75) is 52.2 Å². The van der Waals surface area contributed by atoms with Crippen LogP contribution in [0.4, 0.5) is 11.4 Å². The van der Waals surface area contributed by atoms with Gasteiger partial charge in [0, 0.05) is 6.42 Å². The van der Waals surface area contributed by atoms with E-state index < -0.39 is 12.1 Å². The summed E-state index contributed by atoms with van der Waals surface area (Å²) in [6.45, 7) is 7.80. The van der Waals surface area contributed by atoms with Crippen molar-refractivity contribution in [3.05, 3.63) is 72.3 Å². The molecule has 0 aromatic heterocycles. The van der Waals surface area contributed by atoms with Gasteiger partial charge >= 0.3 is 0 Å². The number of amides is 3. The van der Waals surface area contributed by atoms with Gasteiger partial charge in [-0.2, -0.15) is 0 Å². The van der Waals surface area contributed by atoms with E-state index in [1.807, 2.05) is 69.3 Å². The van der Waals surface area contributed by atoms with Gasteiger partial charge in [0.15, 0.2) is 0 Å². The number of nitrogens with zero attached hydrogens (tertiary/aromatic N) is 2. The van der Waals surface area contributed by atoms with Crippen LogP contribution in [0.15, 0.2) is 66.7 Å². The van der Waals surface area contributed by atoms with Gasteiger partial charge in [0.2, 0.25) is 11.8 Å². The van der Waals surface area contributed by atoms with Crippen LogP contribution in [0.5, 0.6) is 0 Å². The van der Waals surface area contributed by atoms with E-state index in [0.717, 1.165) is 16.3 Å². The number of benzene rings is 3. The highest BCUT2D eigenvalue weighted by Gasteiger charge is 2.39. The Morgan fingerprint density at radius 1 is 0.919 bits per heavy atom. The predicted molar refractivity (Wildman–Crippen MR) is 149 cm³/mol. The summed E-state index contributed by atoms with van der Waals surface area (Å²) in [5, 5.41) is 7.99. The minimum atomic E-state index is -0.899. The van der Waals surface area contributed by atoms with Gasteiger partial charge in [-0.15, -0.1) is 0 Å². The summed E-state index contributed by atoms with van der Waals surface area (Å²) in [6, 6.07) is 20.0. The second-order valence-corrected chi connectivity index (χ2v) is 10.1. The molecule has 0 saturated carbocycles. The summed E-state index contributed by atoms with van der Waals surface area (Å²) in [5.74, 6) is -0.456. The van der Waals surface area contributed by atoms with E-state index in [1.165, 1.54) is 0 Å². The number of likely N-dealkylation sites (N-methyl/N-ethyl adjacent to an activating group) is 1. The molecule has 0 aliphatic carbocycles. The van der Waals surface area contributed by atoms with E-state index >= 15 is 0 Å². The third-order valence-corrected chi connectivity index (χ3v) is 7.02. The topological polar surface area (TPSA) is 81.8 Å². The second kappa shape index (κ2) is 11.1. The van der Waals surface area contributed by atoms with Crippen molar-refractivity contribution in [1.82, 2.24) is 10.6 Å². The summed E-state index contributed by atoms with van der Waals surface area (Å²) in [7, 11) is 1.70. The maximum Gasteiger partial charge on any atom is 0.252 e. The van der Waals surface area contributed by atoms with Crippen molar-refractivity contribution in [2.24, 2.45) is 5.92 Å². The van der Waals surface area contributed by atoms with Crippen LogP contribution in [0, 0.1) is 5.92 Å². The van der Waals surface area contributed by atoms with E-state index in [0.29, 0.717) is 17.8 Å². The second-order valence-electron chi connectivity index (χ2n) is 10.1. The Balaban J connectivity index is 1.85. The number of hydrogen-bond acceptors (Lipinski definition) is 4. The van der Waals surface area contributed by atoms with Crippen molar-refractivity contribution in [1.29, 1.82) is 0 Å². The Hall–Kier alpha value is -3.71. The monoisotopic (exact) mass is 500 g/mol. The number of carbonyl (C=O) groups excluding carboxylic acids is 3. The Morgan fingerprint density at radius 3 is 2.27 bits per heavy atom. The molecule has 1 heterocycles. The summed E-state index contributed by atoms with van der Waals surface area (Å²) in [6.07, 6.45) is 0.342. The SMILES string of the molecule is CNC(C)C(=O)N[C@H]1CN(C(=O)CC(C)C)c2ccccc2N([C@@H](C)c2cccc3ccccc23)C1=O. The van der Waals surface area contributed by atoms with Crippen LogP contribution in [0.1, 0.15) is 45.7 Å². The molecule has 0 bridgehead atoms.